The highest BCUT2D eigenvalue weighted by molar-refractivity contribution is 5.45. The van der Waals surface area contributed by atoms with Gasteiger partial charge in [-0.05, 0) is 58.2 Å². The standard InChI is InChI=1S/C14H22N2O2/c1-15-8-4-5-12(16(2)3)11-6-7-13-14(9-11)18-10-17-13/h6-7,9,12,15H,4-5,8,10H2,1-3H3. The Morgan fingerprint density at radius 3 is 2.78 bits per heavy atom. The first-order chi connectivity index (χ1) is 8.72. The van der Waals surface area contributed by atoms with Gasteiger partial charge in [0, 0.05) is 6.04 Å². The number of ether oxygens (including phenoxy) is 2. The van der Waals surface area contributed by atoms with Crippen LogP contribution < -0.4 is 14.8 Å². The SMILES string of the molecule is CNCCCC(c1ccc2c(c1)OCO2)N(C)C. The lowest BCUT2D eigenvalue weighted by Crippen LogP contribution is -2.21. The van der Waals surface area contributed by atoms with Crippen LogP contribution in [0.5, 0.6) is 11.5 Å². The molecule has 0 bridgehead atoms. The van der Waals surface area contributed by atoms with Crippen molar-refractivity contribution < 1.29 is 9.47 Å². The van der Waals surface area contributed by atoms with E-state index in [1.807, 2.05) is 13.1 Å². The Morgan fingerprint density at radius 1 is 1.28 bits per heavy atom. The lowest BCUT2D eigenvalue weighted by Gasteiger charge is -2.25. The summed E-state index contributed by atoms with van der Waals surface area (Å²) in [6.45, 7) is 1.39. The van der Waals surface area contributed by atoms with Crippen LogP contribution in [0.15, 0.2) is 18.2 Å². The quantitative estimate of drug-likeness (QED) is 0.783. The predicted octanol–water partition coefficient (Wildman–Crippen LogP) is 2.02. The molecule has 0 aromatic heterocycles. The number of nitrogens with one attached hydrogen (secondary N) is 1. The van der Waals surface area contributed by atoms with E-state index in [1.165, 1.54) is 5.56 Å². The van der Waals surface area contributed by atoms with E-state index in [4.69, 9.17) is 9.47 Å². The molecule has 1 aliphatic rings. The summed E-state index contributed by atoms with van der Waals surface area (Å²) < 4.78 is 10.8. The lowest BCUT2D eigenvalue weighted by molar-refractivity contribution is 0.174. The van der Waals surface area contributed by atoms with Crippen LogP contribution in [0.1, 0.15) is 24.4 Å². The first kappa shape index (κ1) is 13.2. The molecule has 0 saturated heterocycles. The van der Waals surface area contributed by atoms with Crippen LogP contribution in [-0.2, 0) is 0 Å². The van der Waals surface area contributed by atoms with Gasteiger partial charge in [-0.15, -0.1) is 0 Å². The molecule has 100 valence electrons. The third kappa shape index (κ3) is 2.94. The van der Waals surface area contributed by atoms with Crippen molar-refractivity contribution in [3.63, 3.8) is 0 Å². The molecule has 1 atom stereocenters. The molecule has 1 N–H and O–H groups in total. The molecule has 18 heavy (non-hydrogen) atoms. The molecule has 1 aromatic carbocycles. The lowest BCUT2D eigenvalue weighted by atomic mass is 10.0. The average molecular weight is 250 g/mol. The van der Waals surface area contributed by atoms with E-state index in [-0.39, 0.29) is 0 Å². The van der Waals surface area contributed by atoms with Crippen molar-refractivity contribution in [2.24, 2.45) is 0 Å². The van der Waals surface area contributed by atoms with Crippen molar-refractivity contribution in [3.8, 4) is 11.5 Å². The molecule has 0 fully saturated rings. The average Bonchev–Trinajstić information content (AvgIpc) is 2.81. The van der Waals surface area contributed by atoms with E-state index >= 15 is 0 Å². The highest BCUT2D eigenvalue weighted by atomic mass is 16.7. The molecule has 1 aliphatic heterocycles. The minimum absolute atomic E-state index is 0.338. The number of hydrogen-bond donors (Lipinski definition) is 1. The van der Waals surface area contributed by atoms with Crippen LogP contribution in [0.25, 0.3) is 0 Å². The van der Waals surface area contributed by atoms with E-state index in [0.29, 0.717) is 12.8 Å². The molecule has 1 unspecified atom stereocenters. The van der Waals surface area contributed by atoms with Crippen molar-refractivity contribution in [1.82, 2.24) is 10.2 Å². The molecule has 2 rings (SSSR count). The van der Waals surface area contributed by atoms with Gasteiger partial charge >= 0.3 is 0 Å². The van der Waals surface area contributed by atoms with E-state index in [9.17, 15) is 0 Å². The van der Waals surface area contributed by atoms with Crippen LogP contribution in [0.4, 0.5) is 0 Å². The van der Waals surface area contributed by atoms with Crippen LogP contribution in [-0.4, -0.2) is 39.4 Å². The first-order valence-corrected chi connectivity index (χ1v) is 6.43. The van der Waals surface area contributed by atoms with Gasteiger partial charge in [0.1, 0.15) is 0 Å². The summed E-state index contributed by atoms with van der Waals surface area (Å²) in [5.74, 6) is 1.72. The Bertz CT molecular complexity index is 393. The zero-order chi connectivity index (χ0) is 13.0. The zero-order valence-electron chi connectivity index (χ0n) is 11.4. The number of fused-ring (bicyclic) bond motifs is 1. The second-order valence-corrected chi connectivity index (χ2v) is 4.84. The Labute approximate surface area is 109 Å². The van der Waals surface area contributed by atoms with Gasteiger partial charge in [-0.1, -0.05) is 6.07 Å². The molecule has 1 aromatic rings. The molecular formula is C14H22N2O2. The third-order valence-corrected chi connectivity index (χ3v) is 3.31. The largest absolute Gasteiger partial charge is 0.454 e. The highest BCUT2D eigenvalue weighted by Gasteiger charge is 2.19. The van der Waals surface area contributed by atoms with Crippen molar-refractivity contribution in [3.05, 3.63) is 23.8 Å². The summed E-state index contributed by atoms with van der Waals surface area (Å²) in [7, 11) is 6.23. The molecule has 0 radical (unpaired) electrons. The van der Waals surface area contributed by atoms with E-state index < -0.39 is 0 Å². The molecule has 0 aliphatic carbocycles. The van der Waals surface area contributed by atoms with Gasteiger partial charge in [0.05, 0.1) is 0 Å². The Kier molecular flexibility index (Phi) is 4.44. The fourth-order valence-corrected chi connectivity index (χ4v) is 2.32. The number of benzene rings is 1. The second-order valence-electron chi connectivity index (χ2n) is 4.84. The van der Waals surface area contributed by atoms with Gasteiger partial charge in [0.25, 0.3) is 0 Å². The van der Waals surface area contributed by atoms with Crippen LogP contribution in [0.2, 0.25) is 0 Å². The highest BCUT2D eigenvalue weighted by Crippen LogP contribution is 2.36. The second kappa shape index (κ2) is 6.07. The summed E-state index contributed by atoms with van der Waals surface area (Å²) in [6.07, 6.45) is 2.29. The monoisotopic (exact) mass is 250 g/mol. The van der Waals surface area contributed by atoms with Crippen LogP contribution in [0.3, 0.4) is 0 Å². The maximum absolute atomic E-state index is 5.44. The van der Waals surface area contributed by atoms with Crippen molar-refractivity contribution in [2.75, 3.05) is 34.5 Å². The topological polar surface area (TPSA) is 33.7 Å². The smallest absolute Gasteiger partial charge is 0.231 e. The summed E-state index contributed by atoms with van der Waals surface area (Å²) in [6, 6.07) is 6.67. The molecule has 0 spiro atoms. The maximum Gasteiger partial charge on any atom is 0.231 e. The van der Waals surface area contributed by atoms with Gasteiger partial charge in [0.2, 0.25) is 6.79 Å². The zero-order valence-corrected chi connectivity index (χ0v) is 11.4. The van der Waals surface area contributed by atoms with Crippen LogP contribution in [0, 0.1) is 0 Å². The number of rotatable bonds is 6. The van der Waals surface area contributed by atoms with Crippen molar-refractivity contribution in [1.29, 1.82) is 0 Å². The van der Waals surface area contributed by atoms with E-state index in [0.717, 1.165) is 30.9 Å². The summed E-state index contributed by atoms with van der Waals surface area (Å²) in [4.78, 5) is 2.26. The van der Waals surface area contributed by atoms with Crippen molar-refractivity contribution >= 4 is 0 Å². The van der Waals surface area contributed by atoms with Gasteiger partial charge in [-0.25, -0.2) is 0 Å². The number of nitrogens with zero attached hydrogens (tertiary/aromatic N) is 1. The van der Waals surface area contributed by atoms with Crippen LogP contribution >= 0.6 is 0 Å². The molecule has 4 nitrogen and oxygen atoms in total. The minimum Gasteiger partial charge on any atom is -0.454 e. The molecule has 0 saturated carbocycles. The predicted molar refractivity (Wildman–Crippen MR) is 72.2 cm³/mol. The van der Waals surface area contributed by atoms with Gasteiger partial charge < -0.3 is 19.7 Å². The van der Waals surface area contributed by atoms with Gasteiger partial charge in [-0.3, -0.25) is 0 Å². The van der Waals surface area contributed by atoms with Gasteiger partial charge in [-0.2, -0.15) is 0 Å². The fraction of sp³-hybridized carbons (Fsp3) is 0.571. The first-order valence-electron chi connectivity index (χ1n) is 6.43. The molecule has 1 heterocycles. The Hall–Kier alpha value is -1.26. The Balaban J connectivity index is 2.10. The Morgan fingerprint density at radius 2 is 2.06 bits per heavy atom. The van der Waals surface area contributed by atoms with Crippen molar-refractivity contribution in [2.45, 2.75) is 18.9 Å². The third-order valence-electron chi connectivity index (χ3n) is 3.31. The summed E-state index contributed by atoms with van der Waals surface area (Å²) in [5, 5.41) is 3.19. The molecular weight excluding hydrogens is 228 g/mol. The number of hydrogen-bond acceptors (Lipinski definition) is 4. The maximum atomic E-state index is 5.44. The summed E-state index contributed by atoms with van der Waals surface area (Å²) >= 11 is 0. The fourth-order valence-electron chi connectivity index (χ4n) is 2.32. The van der Waals surface area contributed by atoms with Gasteiger partial charge in [0.15, 0.2) is 11.5 Å². The summed E-state index contributed by atoms with van der Waals surface area (Å²) in [5.41, 5.74) is 1.29. The molecule has 4 heteroatoms. The van der Waals surface area contributed by atoms with E-state index in [2.05, 4.69) is 36.4 Å². The molecule has 0 amide bonds. The van der Waals surface area contributed by atoms with E-state index in [1.54, 1.807) is 0 Å². The minimum atomic E-state index is 0.338. The normalized spacial score (nSPS) is 15.1.